The van der Waals surface area contributed by atoms with Crippen LogP contribution in [0.25, 0.3) is 0 Å². The molecule has 0 N–H and O–H groups in total. The quantitative estimate of drug-likeness (QED) is 0.435. The number of nitrogens with zero attached hydrogens (tertiary/aromatic N) is 2. The largest absolute Gasteiger partial charge is 0.419 e. The average molecular weight is 440 g/mol. The van der Waals surface area contributed by atoms with Crippen LogP contribution in [0.15, 0.2) is 78.9 Å². The molecule has 1 aliphatic carbocycles. The molecule has 2 fully saturated rings. The Morgan fingerprint density at radius 1 is 0.750 bits per heavy atom. The van der Waals surface area contributed by atoms with Gasteiger partial charge >= 0.3 is 6.18 Å². The zero-order valence-electron chi connectivity index (χ0n) is 17.5. The number of rotatable bonds is 6. The van der Waals surface area contributed by atoms with Gasteiger partial charge < -0.3 is 4.90 Å². The first-order valence-corrected chi connectivity index (χ1v) is 10.8. The van der Waals surface area contributed by atoms with Crippen molar-refractivity contribution in [3.63, 3.8) is 0 Å². The second kappa shape index (κ2) is 8.24. The molecule has 2 atom stereocenters. The van der Waals surface area contributed by atoms with Gasteiger partial charge in [-0.25, -0.2) is 4.39 Å². The fourth-order valence-corrected chi connectivity index (χ4v) is 5.12. The van der Waals surface area contributed by atoms with E-state index in [0.29, 0.717) is 31.0 Å². The third-order valence-corrected chi connectivity index (χ3v) is 6.65. The number of fused-ring (bicyclic) bond motifs is 1. The minimum atomic E-state index is -4.69. The number of alkyl halides is 3. The van der Waals surface area contributed by atoms with Crippen LogP contribution in [0.1, 0.15) is 16.7 Å². The molecule has 1 saturated carbocycles. The Labute approximate surface area is 185 Å². The molecule has 3 aromatic carbocycles. The SMILES string of the molecule is Fc1c(N2CC3C(C2)C3N(Cc2ccccc2)Cc2ccccc2)cccc1C(F)(F)F. The summed E-state index contributed by atoms with van der Waals surface area (Å²) in [5.74, 6) is -0.504. The van der Waals surface area contributed by atoms with E-state index >= 15 is 0 Å². The first-order chi connectivity index (χ1) is 15.4. The van der Waals surface area contributed by atoms with Crippen LogP contribution in [0.2, 0.25) is 0 Å². The van der Waals surface area contributed by atoms with Gasteiger partial charge in [-0.3, -0.25) is 4.90 Å². The Morgan fingerprint density at radius 3 is 1.78 bits per heavy atom. The lowest BCUT2D eigenvalue weighted by molar-refractivity contribution is -0.139. The van der Waals surface area contributed by atoms with Gasteiger partial charge in [0.05, 0.1) is 11.3 Å². The molecule has 0 radical (unpaired) electrons. The smallest absolute Gasteiger partial charge is 0.368 e. The lowest BCUT2D eigenvalue weighted by atomic mass is 10.1. The van der Waals surface area contributed by atoms with Crippen molar-refractivity contribution in [1.82, 2.24) is 4.90 Å². The topological polar surface area (TPSA) is 6.48 Å². The normalized spacial score (nSPS) is 22.3. The molecule has 0 spiro atoms. The van der Waals surface area contributed by atoms with Crippen molar-refractivity contribution >= 4 is 5.69 Å². The number of anilines is 1. The predicted molar refractivity (Wildman–Crippen MR) is 117 cm³/mol. The van der Waals surface area contributed by atoms with Crippen LogP contribution in [-0.2, 0) is 19.3 Å². The van der Waals surface area contributed by atoms with Crippen LogP contribution < -0.4 is 4.90 Å². The standard InChI is InChI=1S/C26H24F4N2/c27-24-22(26(28,29)30)12-7-13-23(24)31-16-20-21(17-31)25(20)32(14-18-8-3-1-4-9-18)15-19-10-5-2-6-11-19/h1-13,20-21,25H,14-17H2. The van der Waals surface area contributed by atoms with Crippen molar-refractivity contribution in [1.29, 1.82) is 0 Å². The molecule has 2 nitrogen and oxygen atoms in total. The number of piperidine rings is 1. The highest BCUT2D eigenvalue weighted by atomic mass is 19.4. The van der Waals surface area contributed by atoms with Gasteiger partial charge in [-0.05, 0) is 35.1 Å². The highest BCUT2D eigenvalue weighted by Gasteiger charge is 2.58. The van der Waals surface area contributed by atoms with Crippen molar-refractivity contribution in [3.05, 3.63) is 101 Å². The predicted octanol–water partition coefficient (Wildman–Crippen LogP) is 5.98. The monoisotopic (exact) mass is 440 g/mol. The van der Waals surface area contributed by atoms with Crippen molar-refractivity contribution < 1.29 is 17.6 Å². The summed E-state index contributed by atoms with van der Waals surface area (Å²) in [6.07, 6.45) is -4.69. The summed E-state index contributed by atoms with van der Waals surface area (Å²) >= 11 is 0. The van der Waals surface area contributed by atoms with Crippen LogP contribution in [-0.4, -0.2) is 24.0 Å². The lowest BCUT2D eigenvalue weighted by Gasteiger charge is -2.29. The molecule has 2 unspecified atom stereocenters. The molecule has 1 aliphatic heterocycles. The van der Waals surface area contributed by atoms with Gasteiger partial charge in [0.25, 0.3) is 0 Å². The summed E-state index contributed by atoms with van der Waals surface area (Å²) in [5.41, 5.74) is 1.33. The molecule has 0 amide bonds. The van der Waals surface area contributed by atoms with E-state index in [1.54, 1.807) is 4.90 Å². The third kappa shape index (κ3) is 4.11. The highest BCUT2D eigenvalue weighted by Crippen LogP contribution is 2.51. The number of halogens is 4. The molecule has 5 rings (SSSR count). The van der Waals surface area contributed by atoms with E-state index in [0.717, 1.165) is 19.2 Å². The van der Waals surface area contributed by atoms with Crippen LogP contribution >= 0.6 is 0 Å². The fourth-order valence-electron chi connectivity index (χ4n) is 5.12. The van der Waals surface area contributed by atoms with Crippen molar-refractivity contribution in [3.8, 4) is 0 Å². The summed E-state index contributed by atoms with van der Waals surface area (Å²) < 4.78 is 54.0. The van der Waals surface area contributed by atoms with Crippen LogP contribution in [0.5, 0.6) is 0 Å². The Hall–Kier alpha value is -2.86. The maximum absolute atomic E-state index is 14.6. The van der Waals surface area contributed by atoms with Crippen LogP contribution in [0, 0.1) is 17.7 Å². The van der Waals surface area contributed by atoms with Gasteiger partial charge in [0.2, 0.25) is 0 Å². The van der Waals surface area contributed by atoms with Crippen LogP contribution in [0.3, 0.4) is 0 Å². The second-order valence-corrected chi connectivity index (χ2v) is 8.74. The van der Waals surface area contributed by atoms with Gasteiger partial charge in [-0.2, -0.15) is 13.2 Å². The van der Waals surface area contributed by atoms with Gasteiger partial charge in [-0.1, -0.05) is 66.7 Å². The minimum Gasteiger partial charge on any atom is -0.368 e. The summed E-state index contributed by atoms with van der Waals surface area (Å²) in [7, 11) is 0. The maximum atomic E-state index is 14.6. The van der Waals surface area contributed by atoms with Crippen molar-refractivity contribution in [2.45, 2.75) is 25.3 Å². The molecule has 0 aromatic heterocycles. The Morgan fingerprint density at radius 2 is 1.28 bits per heavy atom. The molecule has 1 heterocycles. The molecule has 32 heavy (non-hydrogen) atoms. The summed E-state index contributed by atoms with van der Waals surface area (Å²) in [6, 6.07) is 24.5. The van der Waals surface area contributed by atoms with E-state index in [9.17, 15) is 17.6 Å². The first-order valence-electron chi connectivity index (χ1n) is 10.8. The molecule has 3 aromatic rings. The summed E-state index contributed by atoms with van der Waals surface area (Å²) in [5, 5.41) is 0. The van der Waals surface area contributed by atoms with Gasteiger partial charge in [0.15, 0.2) is 5.82 Å². The number of hydrogen-bond acceptors (Lipinski definition) is 2. The summed E-state index contributed by atoms with van der Waals surface area (Å²) in [4.78, 5) is 4.24. The zero-order chi connectivity index (χ0) is 22.3. The highest BCUT2D eigenvalue weighted by molar-refractivity contribution is 5.53. The Bertz CT molecular complexity index is 1010. The lowest BCUT2D eigenvalue weighted by Crippen LogP contribution is -2.35. The first kappa shape index (κ1) is 21.0. The zero-order valence-corrected chi connectivity index (χ0v) is 17.5. The Balaban J connectivity index is 1.32. The van der Waals surface area contributed by atoms with Gasteiger partial charge in [0.1, 0.15) is 0 Å². The third-order valence-electron chi connectivity index (χ3n) is 6.65. The minimum absolute atomic E-state index is 0.0587. The molecule has 166 valence electrons. The van der Waals surface area contributed by atoms with E-state index in [1.165, 1.54) is 23.3 Å². The van der Waals surface area contributed by atoms with E-state index in [4.69, 9.17) is 0 Å². The van der Waals surface area contributed by atoms with E-state index in [2.05, 4.69) is 29.2 Å². The van der Waals surface area contributed by atoms with E-state index < -0.39 is 17.6 Å². The second-order valence-electron chi connectivity index (χ2n) is 8.74. The maximum Gasteiger partial charge on any atom is 0.419 e. The van der Waals surface area contributed by atoms with E-state index in [1.807, 2.05) is 36.4 Å². The Kier molecular flexibility index (Phi) is 5.41. The molecule has 6 heteroatoms. The average Bonchev–Trinajstić information content (AvgIpc) is 3.27. The molecule has 0 bridgehead atoms. The molecular formula is C26H24F4N2. The van der Waals surface area contributed by atoms with Crippen molar-refractivity contribution in [2.75, 3.05) is 18.0 Å². The molecular weight excluding hydrogens is 416 g/mol. The molecule has 2 aliphatic rings. The van der Waals surface area contributed by atoms with E-state index in [-0.39, 0.29) is 5.69 Å². The van der Waals surface area contributed by atoms with Crippen LogP contribution in [0.4, 0.5) is 23.2 Å². The summed E-state index contributed by atoms with van der Waals surface area (Å²) in [6.45, 7) is 2.78. The van der Waals surface area contributed by atoms with Gasteiger partial charge in [0, 0.05) is 32.2 Å². The number of benzene rings is 3. The fraction of sp³-hybridized carbons (Fsp3) is 0.308. The molecule has 1 saturated heterocycles. The number of hydrogen-bond donors (Lipinski definition) is 0. The van der Waals surface area contributed by atoms with Gasteiger partial charge in [-0.15, -0.1) is 0 Å². The van der Waals surface area contributed by atoms with Crippen molar-refractivity contribution in [2.24, 2.45) is 11.8 Å².